The van der Waals surface area contributed by atoms with Gasteiger partial charge in [0, 0.05) is 17.6 Å². The molecule has 0 radical (unpaired) electrons. The van der Waals surface area contributed by atoms with Crippen molar-refractivity contribution in [2.75, 3.05) is 0 Å². The molecule has 2 aromatic heterocycles. The van der Waals surface area contributed by atoms with E-state index in [2.05, 4.69) is 4.98 Å². The number of halogens is 1. The highest BCUT2D eigenvalue weighted by molar-refractivity contribution is 6.31. The van der Waals surface area contributed by atoms with Crippen LogP contribution in [0, 0.1) is 0 Å². The van der Waals surface area contributed by atoms with Gasteiger partial charge in [-0.15, -0.1) is 0 Å². The normalized spacial score (nSPS) is 11.2. The second kappa shape index (κ2) is 5.04. The fourth-order valence-corrected chi connectivity index (χ4v) is 2.77. The van der Waals surface area contributed by atoms with Crippen LogP contribution in [0.4, 0.5) is 0 Å². The van der Waals surface area contributed by atoms with Crippen LogP contribution in [-0.2, 0) is 7.05 Å². The Labute approximate surface area is 132 Å². The molecule has 0 amide bonds. The van der Waals surface area contributed by atoms with Crippen LogP contribution in [-0.4, -0.2) is 9.55 Å². The van der Waals surface area contributed by atoms with Gasteiger partial charge in [-0.3, -0.25) is 0 Å². The molecule has 22 heavy (non-hydrogen) atoms. The van der Waals surface area contributed by atoms with Crippen LogP contribution in [0.15, 0.2) is 65.1 Å². The van der Waals surface area contributed by atoms with E-state index in [0.29, 0.717) is 5.02 Å². The molecule has 0 fully saturated rings. The van der Waals surface area contributed by atoms with Crippen LogP contribution < -0.4 is 0 Å². The summed E-state index contributed by atoms with van der Waals surface area (Å²) in [7, 11) is 1.96. The molecule has 0 atom stereocenters. The van der Waals surface area contributed by atoms with Gasteiger partial charge in [-0.1, -0.05) is 41.9 Å². The van der Waals surface area contributed by atoms with E-state index in [-0.39, 0.29) is 0 Å². The molecule has 2 aromatic carbocycles. The van der Waals surface area contributed by atoms with Crippen molar-refractivity contribution in [3.8, 4) is 22.9 Å². The Kier molecular flexibility index (Phi) is 3.01. The lowest BCUT2D eigenvalue weighted by molar-refractivity contribution is 0.589. The molecule has 108 valence electrons. The average Bonchev–Trinajstić information content (AvgIpc) is 3.14. The van der Waals surface area contributed by atoms with Crippen LogP contribution in [0.5, 0.6) is 0 Å². The van der Waals surface area contributed by atoms with Gasteiger partial charge in [0.25, 0.3) is 0 Å². The third-order valence-corrected chi connectivity index (χ3v) is 3.96. The van der Waals surface area contributed by atoms with Gasteiger partial charge in [0.05, 0.1) is 11.0 Å². The van der Waals surface area contributed by atoms with Crippen molar-refractivity contribution in [1.82, 2.24) is 9.55 Å². The number of fused-ring (bicyclic) bond motifs is 1. The van der Waals surface area contributed by atoms with E-state index in [4.69, 9.17) is 16.0 Å². The van der Waals surface area contributed by atoms with Gasteiger partial charge < -0.3 is 8.98 Å². The number of aryl methyl sites for hydroxylation is 1. The largest absolute Gasteiger partial charge is 0.453 e. The summed E-state index contributed by atoms with van der Waals surface area (Å²) >= 11 is 6.07. The first kappa shape index (κ1) is 13.2. The number of furan rings is 1. The number of hydrogen-bond donors (Lipinski definition) is 0. The van der Waals surface area contributed by atoms with Crippen molar-refractivity contribution in [2.45, 2.75) is 0 Å². The lowest BCUT2D eigenvalue weighted by Crippen LogP contribution is -1.90. The number of aromatic nitrogens is 2. The van der Waals surface area contributed by atoms with E-state index >= 15 is 0 Å². The van der Waals surface area contributed by atoms with Crippen molar-refractivity contribution >= 4 is 22.6 Å². The Balaban J connectivity index is 1.83. The molecule has 0 N–H and O–H groups in total. The smallest absolute Gasteiger partial charge is 0.177 e. The van der Waals surface area contributed by atoms with Crippen molar-refractivity contribution in [1.29, 1.82) is 0 Å². The van der Waals surface area contributed by atoms with Crippen LogP contribution in [0.25, 0.3) is 33.9 Å². The molecule has 2 heterocycles. The Morgan fingerprint density at radius 2 is 1.73 bits per heavy atom. The van der Waals surface area contributed by atoms with Gasteiger partial charge in [-0.25, -0.2) is 4.98 Å². The summed E-state index contributed by atoms with van der Waals surface area (Å²) in [5.74, 6) is 2.37. The maximum atomic E-state index is 6.07. The zero-order valence-electron chi connectivity index (χ0n) is 12.0. The van der Waals surface area contributed by atoms with E-state index in [1.165, 1.54) is 0 Å². The summed E-state index contributed by atoms with van der Waals surface area (Å²) in [4.78, 5) is 4.64. The van der Waals surface area contributed by atoms with Gasteiger partial charge in [0.1, 0.15) is 5.76 Å². The molecule has 0 saturated carbocycles. The van der Waals surface area contributed by atoms with Crippen molar-refractivity contribution in [3.63, 3.8) is 0 Å². The SMILES string of the molecule is Cn1c(-c2ccc(-c3ccccc3)o2)nc2ccc(Cl)cc21. The summed E-state index contributed by atoms with van der Waals surface area (Å²) < 4.78 is 7.97. The minimum absolute atomic E-state index is 0.700. The first-order valence-electron chi connectivity index (χ1n) is 7.00. The molecule has 0 saturated heterocycles. The van der Waals surface area contributed by atoms with E-state index in [1.54, 1.807) is 0 Å². The molecule has 0 aliphatic carbocycles. The number of nitrogens with zero attached hydrogens (tertiary/aromatic N) is 2. The first-order chi connectivity index (χ1) is 10.7. The van der Waals surface area contributed by atoms with E-state index in [0.717, 1.165) is 33.9 Å². The van der Waals surface area contributed by atoms with Gasteiger partial charge in [-0.2, -0.15) is 0 Å². The van der Waals surface area contributed by atoms with E-state index in [1.807, 2.05) is 72.3 Å². The van der Waals surface area contributed by atoms with Crippen LogP contribution in [0.1, 0.15) is 0 Å². The van der Waals surface area contributed by atoms with Crippen LogP contribution in [0.2, 0.25) is 5.02 Å². The molecular weight excluding hydrogens is 296 g/mol. The zero-order chi connectivity index (χ0) is 15.1. The Morgan fingerprint density at radius 3 is 2.55 bits per heavy atom. The quantitative estimate of drug-likeness (QED) is 0.512. The summed E-state index contributed by atoms with van der Waals surface area (Å²) in [6.45, 7) is 0. The molecule has 0 spiro atoms. The average molecular weight is 309 g/mol. The summed E-state index contributed by atoms with van der Waals surface area (Å²) in [6, 6.07) is 19.6. The third kappa shape index (κ3) is 2.11. The second-order valence-corrected chi connectivity index (χ2v) is 5.59. The van der Waals surface area contributed by atoms with Crippen molar-refractivity contribution < 1.29 is 4.42 Å². The predicted octanol–water partition coefficient (Wildman–Crippen LogP) is 5.15. The van der Waals surface area contributed by atoms with Gasteiger partial charge in [0.2, 0.25) is 0 Å². The highest BCUT2D eigenvalue weighted by Gasteiger charge is 2.14. The third-order valence-electron chi connectivity index (χ3n) is 3.73. The standard InChI is InChI=1S/C18H13ClN2O/c1-21-15-11-13(19)7-8-14(15)20-18(21)17-10-9-16(22-17)12-5-3-2-4-6-12/h2-11H,1H3. The lowest BCUT2D eigenvalue weighted by atomic mass is 10.2. The lowest BCUT2D eigenvalue weighted by Gasteiger charge is -2.00. The number of rotatable bonds is 2. The maximum Gasteiger partial charge on any atom is 0.177 e. The van der Waals surface area contributed by atoms with Crippen molar-refractivity contribution in [3.05, 3.63) is 65.7 Å². The Bertz CT molecular complexity index is 954. The molecule has 3 nitrogen and oxygen atoms in total. The molecule has 4 heteroatoms. The number of imidazole rings is 1. The topological polar surface area (TPSA) is 31.0 Å². The fraction of sp³-hybridized carbons (Fsp3) is 0.0556. The zero-order valence-corrected chi connectivity index (χ0v) is 12.7. The molecule has 0 unspecified atom stereocenters. The summed E-state index contributed by atoms with van der Waals surface area (Å²) in [5.41, 5.74) is 2.94. The molecule has 0 aliphatic heterocycles. The second-order valence-electron chi connectivity index (χ2n) is 5.16. The first-order valence-corrected chi connectivity index (χ1v) is 7.38. The van der Waals surface area contributed by atoms with Crippen LogP contribution >= 0.6 is 11.6 Å². The van der Waals surface area contributed by atoms with Crippen LogP contribution in [0.3, 0.4) is 0 Å². The number of benzene rings is 2. The Morgan fingerprint density at radius 1 is 0.955 bits per heavy atom. The van der Waals surface area contributed by atoms with E-state index in [9.17, 15) is 0 Å². The monoisotopic (exact) mass is 308 g/mol. The highest BCUT2D eigenvalue weighted by atomic mass is 35.5. The molecule has 0 aliphatic rings. The summed E-state index contributed by atoms with van der Waals surface area (Å²) in [6.07, 6.45) is 0. The fourth-order valence-electron chi connectivity index (χ4n) is 2.60. The van der Waals surface area contributed by atoms with Gasteiger partial charge in [0.15, 0.2) is 11.6 Å². The summed E-state index contributed by atoms with van der Waals surface area (Å²) in [5, 5.41) is 0.700. The molecular formula is C18H13ClN2O. The molecule has 0 bridgehead atoms. The maximum absolute atomic E-state index is 6.07. The highest BCUT2D eigenvalue weighted by Crippen LogP contribution is 2.30. The van der Waals surface area contributed by atoms with Gasteiger partial charge in [-0.05, 0) is 30.3 Å². The number of hydrogen-bond acceptors (Lipinski definition) is 2. The van der Waals surface area contributed by atoms with Crippen molar-refractivity contribution in [2.24, 2.45) is 7.05 Å². The predicted molar refractivity (Wildman–Crippen MR) is 88.9 cm³/mol. The van der Waals surface area contributed by atoms with E-state index < -0.39 is 0 Å². The Hall–Kier alpha value is -2.52. The molecule has 4 rings (SSSR count). The minimum Gasteiger partial charge on any atom is -0.453 e. The molecule has 4 aromatic rings. The van der Waals surface area contributed by atoms with Gasteiger partial charge >= 0.3 is 0 Å². The minimum atomic E-state index is 0.700.